The topological polar surface area (TPSA) is 66.8 Å². The fourth-order valence-electron chi connectivity index (χ4n) is 2.91. The summed E-state index contributed by atoms with van der Waals surface area (Å²) in [6.07, 6.45) is 3.54. The SMILES string of the molecule is O=C(O)c1ccc2c(c1)CC(=O)N2CCC1CCCO1. The summed E-state index contributed by atoms with van der Waals surface area (Å²) in [6, 6.07) is 4.89. The quantitative estimate of drug-likeness (QED) is 0.910. The molecule has 5 nitrogen and oxygen atoms in total. The summed E-state index contributed by atoms with van der Waals surface area (Å²) >= 11 is 0. The van der Waals surface area contributed by atoms with Crippen LogP contribution in [0.2, 0.25) is 0 Å². The van der Waals surface area contributed by atoms with Gasteiger partial charge in [-0.2, -0.15) is 0 Å². The van der Waals surface area contributed by atoms with Gasteiger partial charge in [0.1, 0.15) is 0 Å². The van der Waals surface area contributed by atoms with Crippen molar-refractivity contribution in [1.82, 2.24) is 0 Å². The predicted molar refractivity (Wildman–Crippen MR) is 73.0 cm³/mol. The average Bonchev–Trinajstić information content (AvgIpc) is 3.02. The molecule has 0 saturated carbocycles. The van der Waals surface area contributed by atoms with Crippen LogP contribution in [0.5, 0.6) is 0 Å². The molecule has 1 fully saturated rings. The fourth-order valence-corrected chi connectivity index (χ4v) is 2.91. The average molecular weight is 275 g/mol. The third kappa shape index (κ3) is 2.41. The number of carboxylic acid groups (broad SMARTS) is 1. The second-order valence-corrected chi connectivity index (χ2v) is 5.29. The van der Waals surface area contributed by atoms with Crippen LogP contribution < -0.4 is 4.90 Å². The van der Waals surface area contributed by atoms with Crippen molar-refractivity contribution in [2.45, 2.75) is 31.8 Å². The smallest absolute Gasteiger partial charge is 0.335 e. The lowest BCUT2D eigenvalue weighted by Gasteiger charge is -2.19. The van der Waals surface area contributed by atoms with Gasteiger partial charge in [-0.25, -0.2) is 4.79 Å². The summed E-state index contributed by atoms with van der Waals surface area (Å²) in [4.78, 5) is 24.8. The summed E-state index contributed by atoms with van der Waals surface area (Å²) in [6.45, 7) is 1.46. The first-order chi connectivity index (χ1) is 9.65. The highest BCUT2D eigenvalue weighted by molar-refractivity contribution is 6.02. The van der Waals surface area contributed by atoms with Crippen LogP contribution in [0, 0.1) is 0 Å². The Morgan fingerprint density at radius 1 is 1.45 bits per heavy atom. The molecule has 1 aromatic rings. The molecule has 1 atom stereocenters. The molecule has 2 heterocycles. The third-order valence-electron chi connectivity index (χ3n) is 3.96. The van der Waals surface area contributed by atoms with Gasteiger partial charge in [-0.05, 0) is 43.0 Å². The lowest BCUT2D eigenvalue weighted by molar-refractivity contribution is -0.117. The normalized spacial score (nSPS) is 21.3. The molecule has 1 aromatic carbocycles. The number of hydrogen-bond acceptors (Lipinski definition) is 3. The maximum atomic E-state index is 12.1. The molecule has 106 valence electrons. The minimum Gasteiger partial charge on any atom is -0.478 e. The molecule has 3 rings (SSSR count). The lowest BCUT2D eigenvalue weighted by atomic mass is 10.1. The van der Waals surface area contributed by atoms with Gasteiger partial charge in [0.2, 0.25) is 5.91 Å². The van der Waals surface area contributed by atoms with Crippen LogP contribution in [-0.2, 0) is 16.0 Å². The first-order valence-corrected chi connectivity index (χ1v) is 6.93. The van der Waals surface area contributed by atoms with E-state index in [1.54, 1.807) is 23.1 Å². The van der Waals surface area contributed by atoms with Crippen LogP contribution in [0.3, 0.4) is 0 Å². The van der Waals surface area contributed by atoms with Gasteiger partial charge in [0, 0.05) is 18.8 Å². The molecule has 1 unspecified atom stereocenters. The summed E-state index contributed by atoms with van der Waals surface area (Å²) in [5.74, 6) is -0.918. The van der Waals surface area contributed by atoms with Crippen molar-refractivity contribution in [2.24, 2.45) is 0 Å². The molecule has 2 aliphatic rings. The van der Waals surface area contributed by atoms with Gasteiger partial charge < -0.3 is 14.7 Å². The minimum atomic E-state index is -0.960. The van der Waals surface area contributed by atoms with Crippen LogP contribution in [-0.4, -0.2) is 36.2 Å². The Morgan fingerprint density at radius 2 is 2.30 bits per heavy atom. The Balaban J connectivity index is 1.74. The molecule has 0 aliphatic carbocycles. The van der Waals surface area contributed by atoms with Gasteiger partial charge in [0.05, 0.1) is 18.1 Å². The minimum absolute atomic E-state index is 0.0422. The Kier molecular flexibility index (Phi) is 3.44. The first-order valence-electron chi connectivity index (χ1n) is 6.93. The number of anilines is 1. The number of ether oxygens (including phenoxy) is 1. The number of nitrogens with zero attached hydrogens (tertiary/aromatic N) is 1. The summed E-state index contributed by atoms with van der Waals surface area (Å²) in [5, 5.41) is 8.98. The summed E-state index contributed by atoms with van der Waals surface area (Å²) < 4.78 is 5.57. The summed E-state index contributed by atoms with van der Waals surface area (Å²) in [5.41, 5.74) is 1.89. The zero-order valence-electron chi connectivity index (χ0n) is 11.2. The molecular formula is C15H17NO4. The Bertz CT molecular complexity index is 549. The number of amides is 1. The van der Waals surface area contributed by atoms with E-state index in [9.17, 15) is 9.59 Å². The van der Waals surface area contributed by atoms with Crippen LogP contribution in [0.25, 0.3) is 0 Å². The molecule has 1 N–H and O–H groups in total. The maximum absolute atomic E-state index is 12.1. The van der Waals surface area contributed by atoms with Gasteiger partial charge in [-0.1, -0.05) is 0 Å². The number of rotatable bonds is 4. The van der Waals surface area contributed by atoms with E-state index < -0.39 is 5.97 Å². The zero-order valence-corrected chi connectivity index (χ0v) is 11.2. The van der Waals surface area contributed by atoms with Crippen molar-refractivity contribution < 1.29 is 19.4 Å². The zero-order chi connectivity index (χ0) is 14.1. The highest BCUT2D eigenvalue weighted by Gasteiger charge is 2.28. The molecule has 2 aliphatic heterocycles. The third-order valence-corrected chi connectivity index (χ3v) is 3.96. The van der Waals surface area contributed by atoms with Crippen LogP contribution >= 0.6 is 0 Å². The van der Waals surface area contributed by atoms with Crippen LogP contribution in [0.15, 0.2) is 18.2 Å². The van der Waals surface area contributed by atoms with Crippen LogP contribution in [0.4, 0.5) is 5.69 Å². The van der Waals surface area contributed by atoms with Crippen molar-refractivity contribution in [3.05, 3.63) is 29.3 Å². The van der Waals surface area contributed by atoms with E-state index in [1.807, 2.05) is 0 Å². The maximum Gasteiger partial charge on any atom is 0.335 e. The second kappa shape index (κ2) is 5.25. The number of benzene rings is 1. The Labute approximate surface area is 117 Å². The van der Waals surface area contributed by atoms with Crippen molar-refractivity contribution in [3.63, 3.8) is 0 Å². The lowest BCUT2D eigenvalue weighted by Crippen LogP contribution is -2.30. The summed E-state index contributed by atoms with van der Waals surface area (Å²) in [7, 11) is 0. The number of carboxylic acids is 1. The number of carbonyl (C=O) groups is 2. The number of hydrogen-bond donors (Lipinski definition) is 1. The Hall–Kier alpha value is -1.88. The molecule has 20 heavy (non-hydrogen) atoms. The largest absolute Gasteiger partial charge is 0.478 e. The molecular weight excluding hydrogens is 258 g/mol. The van der Waals surface area contributed by atoms with Crippen LogP contribution in [0.1, 0.15) is 35.2 Å². The van der Waals surface area contributed by atoms with E-state index in [2.05, 4.69) is 0 Å². The van der Waals surface area contributed by atoms with E-state index >= 15 is 0 Å². The van der Waals surface area contributed by atoms with Crippen molar-refractivity contribution in [1.29, 1.82) is 0 Å². The molecule has 0 spiro atoms. The fraction of sp³-hybridized carbons (Fsp3) is 0.467. The highest BCUT2D eigenvalue weighted by atomic mass is 16.5. The van der Waals surface area contributed by atoms with E-state index in [4.69, 9.17) is 9.84 Å². The van der Waals surface area contributed by atoms with Crippen molar-refractivity contribution in [3.8, 4) is 0 Å². The van der Waals surface area contributed by atoms with Gasteiger partial charge in [0.25, 0.3) is 0 Å². The molecule has 1 amide bonds. The van der Waals surface area contributed by atoms with E-state index in [-0.39, 0.29) is 17.6 Å². The molecule has 0 radical (unpaired) electrons. The standard InChI is InChI=1S/C15H17NO4/c17-14-9-11-8-10(15(18)19)3-4-13(11)16(14)6-5-12-2-1-7-20-12/h3-4,8,12H,1-2,5-7,9H2,(H,18,19). The molecule has 1 saturated heterocycles. The molecule has 0 aromatic heterocycles. The number of carbonyl (C=O) groups excluding carboxylic acids is 1. The molecule has 0 bridgehead atoms. The van der Waals surface area contributed by atoms with Gasteiger partial charge in [-0.15, -0.1) is 0 Å². The monoisotopic (exact) mass is 275 g/mol. The van der Waals surface area contributed by atoms with Crippen molar-refractivity contribution in [2.75, 3.05) is 18.1 Å². The second-order valence-electron chi connectivity index (χ2n) is 5.29. The first kappa shape index (κ1) is 13.1. The van der Waals surface area contributed by atoms with E-state index in [1.165, 1.54) is 0 Å². The molecule has 5 heteroatoms. The van der Waals surface area contributed by atoms with Gasteiger partial charge in [0.15, 0.2) is 0 Å². The van der Waals surface area contributed by atoms with Gasteiger partial charge in [-0.3, -0.25) is 4.79 Å². The Morgan fingerprint density at radius 3 is 3.00 bits per heavy atom. The van der Waals surface area contributed by atoms with E-state index in [0.717, 1.165) is 37.1 Å². The predicted octanol–water partition coefficient (Wildman–Crippen LogP) is 1.84. The number of fused-ring (bicyclic) bond motifs is 1. The van der Waals surface area contributed by atoms with E-state index in [0.29, 0.717) is 13.0 Å². The number of aromatic carboxylic acids is 1. The van der Waals surface area contributed by atoms with Crippen molar-refractivity contribution >= 4 is 17.6 Å². The highest BCUT2D eigenvalue weighted by Crippen LogP contribution is 2.30. The van der Waals surface area contributed by atoms with Gasteiger partial charge >= 0.3 is 5.97 Å².